The van der Waals surface area contributed by atoms with Crippen molar-refractivity contribution in [1.29, 1.82) is 0 Å². The standard InChI is InChI=1S/C22H26N4O3/c1-15(16-6-8-17(9-7-16)25-13-11-23-14-25)24-20(27)10-12-26-21(28)18-4-2-3-5-19(18)22(26)29/h6-9,11,13-15,18-19H,2-5,10,12H2,1H3,(H,24,27)/t15-,18+,19+/m0/s1. The molecule has 1 aromatic carbocycles. The van der Waals surface area contributed by atoms with Crippen LogP contribution in [0.2, 0.25) is 0 Å². The maximum Gasteiger partial charge on any atom is 0.233 e. The van der Waals surface area contributed by atoms with E-state index in [0.29, 0.717) is 0 Å². The molecule has 3 amide bonds. The highest BCUT2D eigenvalue weighted by atomic mass is 16.2. The fourth-order valence-electron chi connectivity index (χ4n) is 4.41. The number of hydrogen-bond donors (Lipinski definition) is 1. The van der Waals surface area contributed by atoms with Gasteiger partial charge >= 0.3 is 0 Å². The lowest BCUT2D eigenvalue weighted by molar-refractivity contribution is -0.140. The summed E-state index contributed by atoms with van der Waals surface area (Å²) in [6, 6.07) is 7.73. The number of nitrogens with one attached hydrogen (secondary N) is 1. The Hall–Kier alpha value is -2.96. The number of likely N-dealkylation sites (tertiary alicyclic amines) is 1. The van der Waals surface area contributed by atoms with Crippen LogP contribution >= 0.6 is 0 Å². The maximum atomic E-state index is 12.5. The lowest BCUT2D eigenvalue weighted by Crippen LogP contribution is -2.36. The van der Waals surface area contributed by atoms with Crippen molar-refractivity contribution in [2.45, 2.75) is 45.1 Å². The van der Waals surface area contributed by atoms with Gasteiger partial charge in [0.15, 0.2) is 0 Å². The first kappa shape index (κ1) is 19.4. The zero-order chi connectivity index (χ0) is 20.4. The van der Waals surface area contributed by atoms with E-state index >= 15 is 0 Å². The maximum absolute atomic E-state index is 12.5. The molecule has 2 aliphatic rings. The number of amides is 3. The summed E-state index contributed by atoms with van der Waals surface area (Å²) in [6.07, 6.45) is 9.07. The minimum Gasteiger partial charge on any atom is -0.350 e. The van der Waals surface area contributed by atoms with Crippen LogP contribution in [0, 0.1) is 11.8 Å². The average Bonchev–Trinajstić information content (AvgIpc) is 3.35. The molecule has 7 nitrogen and oxygen atoms in total. The van der Waals surface area contributed by atoms with Crippen LogP contribution in [-0.2, 0) is 14.4 Å². The highest BCUT2D eigenvalue weighted by molar-refractivity contribution is 6.05. The SMILES string of the molecule is C[C@H](NC(=O)CCN1C(=O)[C@@H]2CCCC[C@H]2C1=O)c1ccc(-n2ccnc2)cc1. The lowest BCUT2D eigenvalue weighted by Gasteiger charge is -2.19. The lowest BCUT2D eigenvalue weighted by atomic mass is 9.81. The molecule has 1 aliphatic carbocycles. The van der Waals surface area contributed by atoms with Crippen LogP contribution in [0.3, 0.4) is 0 Å². The van der Waals surface area contributed by atoms with Gasteiger partial charge in [-0.2, -0.15) is 0 Å². The van der Waals surface area contributed by atoms with Crippen molar-refractivity contribution in [2.75, 3.05) is 6.54 Å². The number of imide groups is 1. The molecule has 0 bridgehead atoms. The van der Waals surface area contributed by atoms with Crippen molar-refractivity contribution < 1.29 is 14.4 Å². The molecule has 7 heteroatoms. The summed E-state index contributed by atoms with van der Waals surface area (Å²) in [5, 5.41) is 2.96. The highest BCUT2D eigenvalue weighted by Gasteiger charge is 2.47. The smallest absolute Gasteiger partial charge is 0.233 e. The molecule has 2 fully saturated rings. The van der Waals surface area contributed by atoms with E-state index in [1.165, 1.54) is 4.90 Å². The van der Waals surface area contributed by atoms with Gasteiger partial charge in [0.2, 0.25) is 17.7 Å². The monoisotopic (exact) mass is 394 g/mol. The number of nitrogens with zero attached hydrogens (tertiary/aromatic N) is 3. The number of carbonyl (C=O) groups excluding carboxylic acids is 3. The van der Waals surface area contributed by atoms with Gasteiger partial charge in [0.1, 0.15) is 0 Å². The molecular weight excluding hydrogens is 368 g/mol. The summed E-state index contributed by atoms with van der Waals surface area (Å²) >= 11 is 0. The molecule has 3 atom stereocenters. The van der Waals surface area contributed by atoms with E-state index in [2.05, 4.69) is 10.3 Å². The van der Waals surface area contributed by atoms with Crippen molar-refractivity contribution >= 4 is 17.7 Å². The zero-order valence-corrected chi connectivity index (χ0v) is 16.6. The second-order valence-corrected chi connectivity index (χ2v) is 7.93. The van der Waals surface area contributed by atoms with E-state index in [1.807, 2.05) is 42.0 Å². The minimum atomic E-state index is -0.161. The van der Waals surface area contributed by atoms with Gasteiger partial charge in [-0.25, -0.2) is 4.98 Å². The number of aromatic nitrogens is 2. The Bertz CT molecular complexity index is 867. The number of fused-ring (bicyclic) bond motifs is 1. The van der Waals surface area contributed by atoms with Crippen LogP contribution in [0.1, 0.15) is 50.6 Å². The number of imidazole rings is 1. The van der Waals surface area contributed by atoms with E-state index in [0.717, 1.165) is 36.9 Å². The van der Waals surface area contributed by atoms with Gasteiger partial charge in [0.25, 0.3) is 0 Å². The molecule has 1 saturated carbocycles. The molecular formula is C22H26N4O3. The van der Waals surface area contributed by atoms with E-state index in [4.69, 9.17) is 0 Å². The second-order valence-electron chi connectivity index (χ2n) is 7.93. The number of hydrogen-bond acceptors (Lipinski definition) is 4. The van der Waals surface area contributed by atoms with Crippen LogP contribution < -0.4 is 5.32 Å². The van der Waals surface area contributed by atoms with Gasteiger partial charge in [0.05, 0.1) is 24.2 Å². The predicted octanol–water partition coefficient (Wildman–Crippen LogP) is 2.61. The van der Waals surface area contributed by atoms with E-state index in [9.17, 15) is 14.4 Å². The van der Waals surface area contributed by atoms with E-state index in [1.54, 1.807) is 12.5 Å². The minimum absolute atomic E-state index is 0.0874. The largest absolute Gasteiger partial charge is 0.350 e. The molecule has 0 unspecified atom stereocenters. The number of benzene rings is 1. The van der Waals surface area contributed by atoms with Crippen molar-refractivity contribution in [2.24, 2.45) is 11.8 Å². The molecule has 0 spiro atoms. The zero-order valence-electron chi connectivity index (χ0n) is 16.6. The van der Waals surface area contributed by atoms with E-state index < -0.39 is 0 Å². The molecule has 1 aliphatic heterocycles. The van der Waals surface area contributed by atoms with Crippen molar-refractivity contribution in [3.63, 3.8) is 0 Å². The fraction of sp³-hybridized carbons (Fsp3) is 0.455. The number of rotatable bonds is 6. The Morgan fingerprint density at radius 1 is 1.14 bits per heavy atom. The van der Waals surface area contributed by atoms with Gasteiger partial charge in [0, 0.05) is 31.0 Å². The summed E-state index contributed by atoms with van der Waals surface area (Å²) in [7, 11) is 0. The quantitative estimate of drug-likeness (QED) is 0.764. The van der Waals surface area contributed by atoms with Gasteiger partial charge in [-0.3, -0.25) is 19.3 Å². The van der Waals surface area contributed by atoms with Crippen LogP contribution in [0.5, 0.6) is 0 Å². The van der Waals surface area contributed by atoms with Crippen molar-refractivity contribution in [1.82, 2.24) is 19.8 Å². The summed E-state index contributed by atoms with van der Waals surface area (Å²) in [4.78, 5) is 42.7. The second kappa shape index (κ2) is 8.19. The molecule has 1 saturated heterocycles. The van der Waals surface area contributed by atoms with Crippen LogP contribution in [0.4, 0.5) is 0 Å². The molecule has 4 rings (SSSR count). The third kappa shape index (κ3) is 3.95. The van der Waals surface area contributed by atoms with Crippen molar-refractivity contribution in [3.8, 4) is 5.69 Å². The van der Waals surface area contributed by atoms with Gasteiger partial charge in [-0.1, -0.05) is 25.0 Å². The normalized spacial score (nSPS) is 22.4. The Morgan fingerprint density at radius 3 is 2.38 bits per heavy atom. The molecule has 1 N–H and O–H groups in total. The first-order chi connectivity index (χ1) is 14.0. The summed E-state index contributed by atoms with van der Waals surface area (Å²) in [5.74, 6) is -0.655. The van der Waals surface area contributed by atoms with Gasteiger partial charge in [-0.15, -0.1) is 0 Å². The average molecular weight is 394 g/mol. The van der Waals surface area contributed by atoms with Crippen LogP contribution in [0.25, 0.3) is 5.69 Å². The summed E-state index contributed by atoms with van der Waals surface area (Å²) < 4.78 is 1.91. The van der Waals surface area contributed by atoms with Crippen molar-refractivity contribution in [3.05, 3.63) is 48.5 Å². The topological polar surface area (TPSA) is 84.3 Å². The Kier molecular flexibility index (Phi) is 5.47. The highest BCUT2D eigenvalue weighted by Crippen LogP contribution is 2.37. The van der Waals surface area contributed by atoms with E-state index in [-0.39, 0.29) is 48.6 Å². The third-order valence-electron chi connectivity index (χ3n) is 6.07. The molecule has 2 aromatic rings. The van der Waals surface area contributed by atoms with Crippen LogP contribution in [0.15, 0.2) is 43.0 Å². The summed E-state index contributed by atoms with van der Waals surface area (Å²) in [5.41, 5.74) is 1.99. The number of carbonyl (C=O) groups is 3. The first-order valence-electron chi connectivity index (χ1n) is 10.3. The first-order valence-corrected chi connectivity index (χ1v) is 10.3. The van der Waals surface area contributed by atoms with Gasteiger partial charge in [-0.05, 0) is 37.5 Å². The third-order valence-corrected chi connectivity index (χ3v) is 6.07. The predicted molar refractivity (Wildman–Crippen MR) is 107 cm³/mol. The fourth-order valence-corrected chi connectivity index (χ4v) is 4.41. The molecule has 0 radical (unpaired) electrons. The Morgan fingerprint density at radius 2 is 1.79 bits per heavy atom. The molecule has 152 valence electrons. The molecule has 2 heterocycles. The summed E-state index contributed by atoms with van der Waals surface area (Å²) in [6.45, 7) is 2.09. The molecule has 29 heavy (non-hydrogen) atoms. The Labute approximate surface area is 170 Å². The van der Waals surface area contributed by atoms with Crippen LogP contribution in [-0.4, -0.2) is 38.7 Å². The Balaban J connectivity index is 1.30. The van der Waals surface area contributed by atoms with Gasteiger partial charge < -0.3 is 9.88 Å². The molecule has 1 aromatic heterocycles.